The highest BCUT2D eigenvalue weighted by Crippen LogP contribution is 2.43. The first-order chi connectivity index (χ1) is 10.5. The van der Waals surface area contributed by atoms with E-state index >= 15 is 0 Å². The molecule has 0 saturated heterocycles. The highest BCUT2D eigenvalue weighted by molar-refractivity contribution is 6.09. The molecular formula is C18H22O5. The van der Waals surface area contributed by atoms with Crippen LogP contribution < -0.4 is 4.74 Å². The van der Waals surface area contributed by atoms with Gasteiger partial charge in [0.2, 0.25) is 0 Å². The molecule has 0 radical (unpaired) electrons. The van der Waals surface area contributed by atoms with Crippen LogP contribution in [-0.2, 0) is 0 Å². The van der Waals surface area contributed by atoms with Gasteiger partial charge in [-0.3, -0.25) is 9.59 Å². The fourth-order valence-corrected chi connectivity index (χ4v) is 2.61. The van der Waals surface area contributed by atoms with Crippen LogP contribution in [0.2, 0.25) is 0 Å². The molecule has 2 N–H and O–H groups in total. The maximum absolute atomic E-state index is 12.4. The number of hydrogen-bond acceptors (Lipinski definition) is 5. The lowest BCUT2D eigenvalue weighted by atomic mass is 9.92. The molecule has 0 spiro atoms. The van der Waals surface area contributed by atoms with Crippen molar-refractivity contribution in [2.45, 2.75) is 52.4 Å². The summed E-state index contributed by atoms with van der Waals surface area (Å²) < 4.78 is 5.69. The number of aliphatic hydroxyl groups is 2. The number of fused-ring (bicyclic) bond motifs is 1. The summed E-state index contributed by atoms with van der Waals surface area (Å²) in [5.74, 6) is -0.275. The van der Waals surface area contributed by atoms with Gasteiger partial charge in [-0.25, -0.2) is 0 Å². The second-order valence-corrected chi connectivity index (χ2v) is 6.72. The van der Waals surface area contributed by atoms with E-state index in [0.717, 1.165) is 5.57 Å². The van der Waals surface area contributed by atoms with Gasteiger partial charge in [-0.1, -0.05) is 5.57 Å². The summed E-state index contributed by atoms with van der Waals surface area (Å²) in [6, 6.07) is 3.00. The van der Waals surface area contributed by atoms with Gasteiger partial charge in [0.1, 0.15) is 11.9 Å². The summed E-state index contributed by atoms with van der Waals surface area (Å²) in [7, 11) is 0. The summed E-state index contributed by atoms with van der Waals surface area (Å²) in [6.07, 6.45) is -0.562. The Hall–Kier alpha value is -1.98. The average Bonchev–Trinajstić information content (AvgIpc) is 2.74. The lowest BCUT2D eigenvalue weighted by Gasteiger charge is -2.27. The van der Waals surface area contributed by atoms with Gasteiger partial charge < -0.3 is 14.9 Å². The fraction of sp³-hybridized carbons (Fsp3) is 0.444. The van der Waals surface area contributed by atoms with Crippen LogP contribution in [0.4, 0.5) is 0 Å². The smallest absolute Gasteiger partial charge is 0.189 e. The van der Waals surface area contributed by atoms with E-state index in [9.17, 15) is 19.8 Å². The Balaban J connectivity index is 2.63. The summed E-state index contributed by atoms with van der Waals surface area (Å²) in [4.78, 5) is 24.2. The van der Waals surface area contributed by atoms with Crippen molar-refractivity contribution in [3.05, 3.63) is 40.5 Å². The van der Waals surface area contributed by atoms with Gasteiger partial charge >= 0.3 is 0 Å². The van der Waals surface area contributed by atoms with Crippen molar-refractivity contribution in [3.8, 4) is 5.75 Å². The largest absolute Gasteiger partial charge is 0.483 e. The van der Waals surface area contributed by atoms with E-state index in [-0.39, 0.29) is 22.9 Å². The quantitative estimate of drug-likeness (QED) is 0.658. The summed E-state index contributed by atoms with van der Waals surface area (Å²) in [5.41, 5.74) is 0.420. The SMILES string of the molecule is CC(=O)c1cc(C(=O)C=C(C)C)c2c(c1)[C@H](O)[C@@H](C(C)(C)O)O2. The van der Waals surface area contributed by atoms with Crippen LogP contribution in [0.1, 0.15) is 67.0 Å². The van der Waals surface area contributed by atoms with Crippen LogP contribution in [0.3, 0.4) is 0 Å². The highest BCUT2D eigenvalue weighted by atomic mass is 16.5. The van der Waals surface area contributed by atoms with Gasteiger partial charge in [-0.05, 0) is 52.8 Å². The van der Waals surface area contributed by atoms with Crippen LogP contribution in [0.5, 0.6) is 5.75 Å². The molecule has 23 heavy (non-hydrogen) atoms. The lowest BCUT2D eigenvalue weighted by Crippen LogP contribution is -2.41. The standard InChI is InChI=1S/C18H22O5/c1-9(2)6-14(20)12-7-11(10(3)19)8-13-15(21)17(18(4,5)22)23-16(12)13/h6-8,15,17,21-22H,1-5H3/t15-,17-/m0/s1. The number of aliphatic hydroxyl groups excluding tert-OH is 1. The molecule has 124 valence electrons. The topological polar surface area (TPSA) is 83.8 Å². The summed E-state index contributed by atoms with van der Waals surface area (Å²) >= 11 is 0. The second kappa shape index (κ2) is 5.91. The van der Waals surface area contributed by atoms with Gasteiger partial charge in [0.25, 0.3) is 0 Å². The Morgan fingerprint density at radius 2 is 1.83 bits per heavy atom. The maximum Gasteiger partial charge on any atom is 0.189 e. The third kappa shape index (κ3) is 3.35. The Bertz CT molecular complexity index is 690. The molecule has 0 bridgehead atoms. The molecule has 2 atom stereocenters. The summed E-state index contributed by atoms with van der Waals surface area (Å²) in [5, 5.41) is 20.6. The Morgan fingerprint density at radius 1 is 1.22 bits per heavy atom. The molecule has 1 aliphatic rings. The Labute approximate surface area is 135 Å². The van der Waals surface area contributed by atoms with Crippen LogP contribution >= 0.6 is 0 Å². The van der Waals surface area contributed by atoms with E-state index in [0.29, 0.717) is 11.1 Å². The second-order valence-electron chi connectivity index (χ2n) is 6.72. The first-order valence-corrected chi connectivity index (χ1v) is 7.47. The molecule has 0 amide bonds. The lowest BCUT2D eigenvalue weighted by molar-refractivity contribution is -0.0763. The zero-order chi connectivity index (χ0) is 17.5. The number of carbonyl (C=O) groups excluding carboxylic acids is 2. The third-order valence-electron chi connectivity index (χ3n) is 3.76. The maximum atomic E-state index is 12.4. The van der Waals surface area contributed by atoms with Gasteiger partial charge in [-0.2, -0.15) is 0 Å². The zero-order valence-corrected chi connectivity index (χ0v) is 14.0. The van der Waals surface area contributed by atoms with Crippen molar-refractivity contribution >= 4 is 11.6 Å². The minimum Gasteiger partial charge on any atom is -0.483 e. The van der Waals surface area contributed by atoms with Crippen molar-refractivity contribution in [2.75, 3.05) is 0 Å². The predicted molar refractivity (Wildman–Crippen MR) is 85.9 cm³/mol. The van der Waals surface area contributed by atoms with Crippen LogP contribution in [0, 0.1) is 0 Å². The van der Waals surface area contributed by atoms with Crippen LogP contribution in [-0.4, -0.2) is 33.5 Å². The molecule has 0 aromatic heterocycles. The Morgan fingerprint density at radius 3 is 2.30 bits per heavy atom. The minimum atomic E-state index is -1.30. The van der Waals surface area contributed by atoms with Crippen LogP contribution in [0.25, 0.3) is 0 Å². The first-order valence-electron chi connectivity index (χ1n) is 7.47. The third-order valence-corrected chi connectivity index (χ3v) is 3.76. The van der Waals surface area contributed by atoms with E-state index in [1.54, 1.807) is 13.8 Å². The molecule has 0 aliphatic carbocycles. The van der Waals surface area contributed by atoms with Gasteiger partial charge in [0, 0.05) is 11.1 Å². The average molecular weight is 318 g/mol. The minimum absolute atomic E-state index is 0.210. The van der Waals surface area contributed by atoms with Crippen molar-refractivity contribution in [1.82, 2.24) is 0 Å². The van der Waals surface area contributed by atoms with Crippen molar-refractivity contribution in [1.29, 1.82) is 0 Å². The summed E-state index contributed by atoms with van der Waals surface area (Å²) in [6.45, 7) is 8.03. The fourth-order valence-electron chi connectivity index (χ4n) is 2.61. The number of carbonyl (C=O) groups is 2. The number of Topliss-reactive ketones (excluding diaryl/α,β-unsaturated/α-hetero) is 1. The van der Waals surface area contributed by atoms with Gasteiger partial charge in [-0.15, -0.1) is 0 Å². The monoisotopic (exact) mass is 318 g/mol. The molecule has 5 nitrogen and oxygen atoms in total. The van der Waals surface area contributed by atoms with Crippen molar-refractivity contribution < 1.29 is 24.5 Å². The van der Waals surface area contributed by atoms with Gasteiger partial charge in [0.15, 0.2) is 17.7 Å². The number of ether oxygens (including phenoxy) is 1. The molecule has 0 fully saturated rings. The van der Waals surface area contributed by atoms with Crippen molar-refractivity contribution in [3.63, 3.8) is 0 Å². The molecule has 5 heteroatoms. The van der Waals surface area contributed by atoms with Crippen molar-refractivity contribution in [2.24, 2.45) is 0 Å². The number of rotatable bonds is 4. The van der Waals surface area contributed by atoms with E-state index in [1.165, 1.54) is 39.0 Å². The molecule has 0 saturated carbocycles. The highest BCUT2D eigenvalue weighted by Gasteiger charge is 2.44. The van der Waals surface area contributed by atoms with Gasteiger partial charge in [0.05, 0.1) is 11.2 Å². The van der Waals surface area contributed by atoms with E-state index in [1.807, 2.05) is 0 Å². The first kappa shape index (κ1) is 17.4. The van der Waals surface area contributed by atoms with E-state index < -0.39 is 17.8 Å². The normalized spacial score (nSPS) is 19.8. The molecular weight excluding hydrogens is 296 g/mol. The van der Waals surface area contributed by atoms with E-state index in [2.05, 4.69) is 0 Å². The number of ketones is 2. The molecule has 0 unspecified atom stereocenters. The number of benzene rings is 1. The molecule has 1 aromatic carbocycles. The molecule has 1 aromatic rings. The number of allylic oxidation sites excluding steroid dienone is 2. The Kier molecular flexibility index (Phi) is 4.46. The molecule has 1 heterocycles. The predicted octanol–water partition coefficient (Wildman–Crippen LogP) is 2.60. The molecule has 1 aliphatic heterocycles. The van der Waals surface area contributed by atoms with E-state index in [4.69, 9.17) is 4.74 Å². The molecule has 2 rings (SSSR count). The number of hydrogen-bond donors (Lipinski definition) is 2. The van der Waals surface area contributed by atoms with Crippen LogP contribution in [0.15, 0.2) is 23.8 Å². The zero-order valence-electron chi connectivity index (χ0n) is 14.0.